The van der Waals surface area contributed by atoms with Crippen LogP contribution in [-0.2, 0) is 5.92 Å². The fourth-order valence-corrected chi connectivity index (χ4v) is 1.24. The molecule has 1 aromatic heterocycles. The zero-order valence-corrected chi connectivity index (χ0v) is 8.48. The standard InChI is InChI=1S/C8H3ClF5NO2/c9-3-1-2-15-5(4(3)6(16)17)7(10,11)8(12,13)14/h1-2H,(H,16,17). The van der Waals surface area contributed by atoms with Crippen molar-refractivity contribution in [2.45, 2.75) is 12.1 Å². The predicted octanol–water partition coefficient (Wildman–Crippen LogP) is 3.09. The minimum Gasteiger partial charge on any atom is -0.478 e. The summed E-state index contributed by atoms with van der Waals surface area (Å²) >= 11 is 5.26. The molecule has 0 fully saturated rings. The van der Waals surface area contributed by atoms with Gasteiger partial charge in [0.05, 0.1) is 5.02 Å². The quantitative estimate of drug-likeness (QED) is 0.844. The van der Waals surface area contributed by atoms with Crippen LogP contribution in [0.25, 0.3) is 0 Å². The highest BCUT2D eigenvalue weighted by molar-refractivity contribution is 6.33. The fourth-order valence-electron chi connectivity index (χ4n) is 1.01. The summed E-state index contributed by atoms with van der Waals surface area (Å²) in [6.07, 6.45) is -5.38. The summed E-state index contributed by atoms with van der Waals surface area (Å²) in [6, 6.07) is 0.807. The summed E-state index contributed by atoms with van der Waals surface area (Å²) in [5, 5.41) is 7.81. The minimum absolute atomic E-state index is 0.573. The number of alkyl halides is 5. The van der Waals surface area contributed by atoms with Crippen LogP contribution in [0.1, 0.15) is 16.1 Å². The third-order valence-corrected chi connectivity index (χ3v) is 2.08. The SMILES string of the molecule is O=C(O)c1c(Cl)ccnc1C(F)(F)C(F)(F)F. The van der Waals surface area contributed by atoms with Gasteiger partial charge in [0, 0.05) is 6.20 Å². The maximum absolute atomic E-state index is 13.0. The van der Waals surface area contributed by atoms with Gasteiger partial charge in [0.15, 0.2) is 0 Å². The number of aromatic nitrogens is 1. The maximum Gasteiger partial charge on any atom is 0.459 e. The number of halogens is 6. The van der Waals surface area contributed by atoms with Gasteiger partial charge in [0.25, 0.3) is 0 Å². The molecule has 0 bridgehead atoms. The number of carboxylic acids is 1. The Labute approximate surface area is 95.8 Å². The molecule has 1 aromatic rings. The highest BCUT2D eigenvalue weighted by Crippen LogP contribution is 2.44. The molecule has 0 saturated carbocycles. The molecule has 0 spiro atoms. The van der Waals surface area contributed by atoms with E-state index in [2.05, 4.69) is 4.98 Å². The van der Waals surface area contributed by atoms with Gasteiger partial charge in [-0.05, 0) is 6.07 Å². The first kappa shape index (κ1) is 13.6. The zero-order chi connectivity index (χ0) is 13.4. The Morgan fingerprint density at radius 2 is 1.82 bits per heavy atom. The molecule has 0 aliphatic rings. The largest absolute Gasteiger partial charge is 0.478 e. The second-order valence-electron chi connectivity index (χ2n) is 2.89. The van der Waals surface area contributed by atoms with E-state index in [0.29, 0.717) is 6.20 Å². The highest BCUT2D eigenvalue weighted by Gasteiger charge is 2.61. The molecule has 94 valence electrons. The Morgan fingerprint density at radius 1 is 1.29 bits per heavy atom. The first-order valence-corrected chi connectivity index (χ1v) is 4.29. The van der Waals surface area contributed by atoms with E-state index in [1.165, 1.54) is 0 Å². The van der Waals surface area contributed by atoms with Crippen LogP contribution in [0.15, 0.2) is 12.3 Å². The van der Waals surface area contributed by atoms with Crippen LogP contribution >= 0.6 is 11.6 Å². The van der Waals surface area contributed by atoms with Gasteiger partial charge in [-0.2, -0.15) is 22.0 Å². The normalized spacial score (nSPS) is 12.6. The van der Waals surface area contributed by atoms with Crippen molar-refractivity contribution < 1.29 is 31.9 Å². The van der Waals surface area contributed by atoms with E-state index >= 15 is 0 Å². The van der Waals surface area contributed by atoms with E-state index in [-0.39, 0.29) is 0 Å². The topological polar surface area (TPSA) is 50.2 Å². The van der Waals surface area contributed by atoms with Crippen molar-refractivity contribution in [3.05, 3.63) is 28.5 Å². The van der Waals surface area contributed by atoms with Crippen LogP contribution in [0.5, 0.6) is 0 Å². The van der Waals surface area contributed by atoms with Crippen LogP contribution < -0.4 is 0 Å². The van der Waals surface area contributed by atoms with E-state index in [1.807, 2.05) is 0 Å². The third-order valence-electron chi connectivity index (χ3n) is 1.77. The van der Waals surface area contributed by atoms with E-state index < -0.39 is 34.3 Å². The summed E-state index contributed by atoms with van der Waals surface area (Å²) in [6.45, 7) is 0. The van der Waals surface area contributed by atoms with Crippen molar-refractivity contribution in [2.24, 2.45) is 0 Å². The Morgan fingerprint density at radius 3 is 2.24 bits per heavy atom. The average Bonchev–Trinajstić information content (AvgIpc) is 2.14. The summed E-state index contributed by atoms with van der Waals surface area (Å²) in [5.74, 6) is -7.40. The number of nitrogens with zero attached hydrogens (tertiary/aromatic N) is 1. The molecular weight excluding hydrogens is 273 g/mol. The Hall–Kier alpha value is -1.44. The molecule has 0 atom stereocenters. The Bertz CT molecular complexity index is 460. The first-order valence-electron chi connectivity index (χ1n) is 3.92. The summed E-state index contributed by atoms with van der Waals surface area (Å²) in [4.78, 5) is 13.4. The molecule has 3 nitrogen and oxygen atoms in total. The second-order valence-corrected chi connectivity index (χ2v) is 3.30. The van der Waals surface area contributed by atoms with Crippen molar-refractivity contribution in [1.29, 1.82) is 0 Å². The summed E-state index contributed by atoms with van der Waals surface area (Å²) in [7, 11) is 0. The number of rotatable bonds is 2. The molecule has 0 aliphatic carbocycles. The number of carboxylic acid groups (broad SMARTS) is 1. The highest BCUT2D eigenvalue weighted by atomic mass is 35.5. The molecular formula is C8H3ClF5NO2. The van der Waals surface area contributed by atoms with Crippen LogP contribution in [0.2, 0.25) is 5.02 Å². The molecule has 1 rings (SSSR count). The number of pyridine rings is 1. The summed E-state index contributed by atoms with van der Waals surface area (Å²) in [5.41, 5.74) is -3.29. The van der Waals surface area contributed by atoms with E-state index in [9.17, 15) is 26.7 Å². The number of carbonyl (C=O) groups is 1. The molecule has 1 heterocycles. The molecule has 0 saturated heterocycles. The van der Waals surface area contributed by atoms with Crippen LogP contribution in [0, 0.1) is 0 Å². The van der Waals surface area contributed by atoms with Gasteiger partial charge in [-0.15, -0.1) is 0 Å². The molecule has 0 aliphatic heterocycles. The molecule has 0 amide bonds. The molecule has 0 aromatic carbocycles. The van der Waals surface area contributed by atoms with Crippen LogP contribution in [0.4, 0.5) is 22.0 Å². The average molecular weight is 276 g/mol. The van der Waals surface area contributed by atoms with Gasteiger partial charge in [-0.1, -0.05) is 11.6 Å². The van der Waals surface area contributed by atoms with Gasteiger partial charge in [0.2, 0.25) is 0 Å². The summed E-state index contributed by atoms with van der Waals surface area (Å²) < 4.78 is 62.1. The van der Waals surface area contributed by atoms with Crippen molar-refractivity contribution in [2.75, 3.05) is 0 Å². The predicted molar refractivity (Wildman–Crippen MR) is 46.2 cm³/mol. The Balaban J connectivity index is 3.52. The van der Waals surface area contributed by atoms with Gasteiger partial charge >= 0.3 is 18.1 Å². The monoisotopic (exact) mass is 275 g/mol. The lowest BCUT2D eigenvalue weighted by atomic mass is 10.1. The second kappa shape index (κ2) is 4.10. The van der Waals surface area contributed by atoms with E-state index in [0.717, 1.165) is 6.07 Å². The van der Waals surface area contributed by atoms with Gasteiger partial charge < -0.3 is 5.11 Å². The minimum atomic E-state index is -5.95. The lowest BCUT2D eigenvalue weighted by Crippen LogP contribution is -2.36. The molecule has 9 heteroatoms. The lowest BCUT2D eigenvalue weighted by Gasteiger charge is -2.20. The van der Waals surface area contributed by atoms with Crippen molar-refractivity contribution in [1.82, 2.24) is 4.98 Å². The lowest BCUT2D eigenvalue weighted by molar-refractivity contribution is -0.291. The molecule has 1 N–H and O–H groups in total. The smallest absolute Gasteiger partial charge is 0.459 e. The number of hydrogen-bond donors (Lipinski definition) is 1. The van der Waals surface area contributed by atoms with Gasteiger partial charge in [-0.3, -0.25) is 4.98 Å². The fraction of sp³-hybridized carbons (Fsp3) is 0.250. The number of hydrogen-bond acceptors (Lipinski definition) is 2. The maximum atomic E-state index is 13.0. The van der Waals surface area contributed by atoms with E-state index in [4.69, 9.17) is 16.7 Å². The third kappa shape index (κ3) is 2.31. The van der Waals surface area contributed by atoms with Crippen molar-refractivity contribution in [3.63, 3.8) is 0 Å². The van der Waals surface area contributed by atoms with E-state index in [1.54, 1.807) is 0 Å². The molecule has 17 heavy (non-hydrogen) atoms. The number of aromatic carboxylic acids is 1. The van der Waals surface area contributed by atoms with Crippen molar-refractivity contribution in [3.8, 4) is 0 Å². The van der Waals surface area contributed by atoms with Crippen molar-refractivity contribution >= 4 is 17.6 Å². The molecule has 0 unspecified atom stereocenters. The van der Waals surface area contributed by atoms with Crippen LogP contribution in [0.3, 0.4) is 0 Å². The molecule has 0 radical (unpaired) electrons. The van der Waals surface area contributed by atoms with Crippen LogP contribution in [-0.4, -0.2) is 22.2 Å². The van der Waals surface area contributed by atoms with Gasteiger partial charge in [-0.25, -0.2) is 4.79 Å². The van der Waals surface area contributed by atoms with Gasteiger partial charge in [0.1, 0.15) is 11.3 Å². The first-order chi connectivity index (χ1) is 7.59. The Kier molecular flexibility index (Phi) is 3.28. The zero-order valence-electron chi connectivity index (χ0n) is 7.73.